The summed E-state index contributed by atoms with van der Waals surface area (Å²) in [7, 11) is 0. The van der Waals surface area contributed by atoms with Crippen LogP contribution in [0.4, 0.5) is 5.82 Å². The molecule has 0 atom stereocenters. The Kier molecular flexibility index (Phi) is 5.54. The molecule has 3 rings (SSSR count). The Morgan fingerprint density at radius 2 is 1.92 bits per heavy atom. The summed E-state index contributed by atoms with van der Waals surface area (Å²) in [5.74, 6) is 1.50. The predicted octanol–water partition coefficient (Wildman–Crippen LogP) is 2.85. The van der Waals surface area contributed by atoms with Gasteiger partial charge in [0, 0.05) is 32.4 Å². The number of para-hydroxylation sites is 1. The van der Waals surface area contributed by atoms with E-state index in [1.54, 1.807) is 6.20 Å². The van der Waals surface area contributed by atoms with Gasteiger partial charge in [-0.2, -0.15) is 0 Å². The van der Waals surface area contributed by atoms with Crippen molar-refractivity contribution < 1.29 is 9.53 Å². The first-order valence-electron chi connectivity index (χ1n) is 8.05. The highest BCUT2D eigenvalue weighted by Crippen LogP contribution is 2.23. The van der Waals surface area contributed by atoms with Gasteiger partial charge in [-0.05, 0) is 30.7 Å². The van der Waals surface area contributed by atoms with Crippen molar-refractivity contribution in [2.24, 2.45) is 0 Å². The standard InChI is InChI=1S/C18H20ClN3O2/c19-16-8-4-9-20-18(16)22-11-5-10-21(12-13-22)17(23)14-24-15-6-2-1-3-7-15/h1-4,6-9H,5,10-14H2. The number of hydrogen-bond acceptors (Lipinski definition) is 4. The molecule has 1 saturated heterocycles. The minimum absolute atomic E-state index is 0.00724. The quantitative estimate of drug-likeness (QED) is 0.854. The summed E-state index contributed by atoms with van der Waals surface area (Å²) in [4.78, 5) is 20.7. The van der Waals surface area contributed by atoms with E-state index >= 15 is 0 Å². The lowest BCUT2D eigenvalue weighted by molar-refractivity contribution is -0.133. The van der Waals surface area contributed by atoms with Crippen molar-refractivity contribution in [1.82, 2.24) is 9.88 Å². The molecule has 1 aromatic carbocycles. The van der Waals surface area contributed by atoms with E-state index in [1.807, 2.05) is 47.4 Å². The average Bonchev–Trinajstić information content (AvgIpc) is 2.87. The maximum Gasteiger partial charge on any atom is 0.260 e. The number of benzene rings is 1. The number of hydrogen-bond donors (Lipinski definition) is 0. The summed E-state index contributed by atoms with van der Waals surface area (Å²) in [5, 5.41) is 0.643. The van der Waals surface area contributed by atoms with E-state index in [0.717, 1.165) is 25.3 Å². The highest BCUT2D eigenvalue weighted by molar-refractivity contribution is 6.32. The molecule has 2 heterocycles. The number of anilines is 1. The maximum atomic E-state index is 12.4. The zero-order chi connectivity index (χ0) is 16.8. The molecule has 126 valence electrons. The zero-order valence-corrected chi connectivity index (χ0v) is 14.2. The van der Waals surface area contributed by atoms with Crippen molar-refractivity contribution in [2.45, 2.75) is 6.42 Å². The first-order valence-corrected chi connectivity index (χ1v) is 8.43. The second kappa shape index (κ2) is 8.02. The Morgan fingerprint density at radius 3 is 2.71 bits per heavy atom. The molecule has 1 aliphatic heterocycles. The Hall–Kier alpha value is -2.27. The molecule has 1 aliphatic rings. The van der Waals surface area contributed by atoms with E-state index in [9.17, 15) is 4.79 Å². The van der Waals surface area contributed by atoms with Gasteiger partial charge in [0.15, 0.2) is 6.61 Å². The molecular formula is C18H20ClN3O2. The first kappa shape index (κ1) is 16.6. The second-order valence-electron chi connectivity index (χ2n) is 5.63. The number of carbonyl (C=O) groups excluding carboxylic acids is 1. The smallest absolute Gasteiger partial charge is 0.260 e. The van der Waals surface area contributed by atoms with Gasteiger partial charge in [-0.3, -0.25) is 4.79 Å². The maximum absolute atomic E-state index is 12.4. The van der Waals surface area contributed by atoms with Gasteiger partial charge >= 0.3 is 0 Å². The second-order valence-corrected chi connectivity index (χ2v) is 6.04. The monoisotopic (exact) mass is 345 g/mol. The minimum atomic E-state index is 0.00724. The van der Waals surface area contributed by atoms with Crippen molar-refractivity contribution in [3.8, 4) is 5.75 Å². The molecule has 2 aromatic rings. The van der Waals surface area contributed by atoms with Crippen LogP contribution in [0.3, 0.4) is 0 Å². The Labute approximate surface area is 146 Å². The van der Waals surface area contributed by atoms with Crippen LogP contribution in [-0.4, -0.2) is 48.6 Å². The predicted molar refractivity (Wildman–Crippen MR) is 94.6 cm³/mol. The highest BCUT2D eigenvalue weighted by Gasteiger charge is 2.21. The van der Waals surface area contributed by atoms with Crippen LogP contribution < -0.4 is 9.64 Å². The Bertz CT molecular complexity index is 681. The lowest BCUT2D eigenvalue weighted by Crippen LogP contribution is -2.38. The topological polar surface area (TPSA) is 45.7 Å². The molecular weight excluding hydrogens is 326 g/mol. The van der Waals surface area contributed by atoms with Crippen LogP contribution in [-0.2, 0) is 4.79 Å². The number of aromatic nitrogens is 1. The SMILES string of the molecule is O=C(COc1ccccc1)N1CCCN(c2ncccc2Cl)CC1. The van der Waals surface area contributed by atoms with Gasteiger partial charge in [0.25, 0.3) is 5.91 Å². The molecule has 0 spiro atoms. The lowest BCUT2D eigenvalue weighted by atomic mass is 10.3. The van der Waals surface area contributed by atoms with Crippen molar-refractivity contribution in [1.29, 1.82) is 0 Å². The number of amides is 1. The Morgan fingerprint density at radius 1 is 1.08 bits per heavy atom. The molecule has 0 unspecified atom stereocenters. The highest BCUT2D eigenvalue weighted by atomic mass is 35.5. The van der Waals surface area contributed by atoms with E-state index in [2.05, 4.69) is 9.88 Å². The van der Waals surface area contributed by atoms with Crippen LogP contribution in [0.5, 0.6) is 5.75 Å². The molecule has 0 N–H and O–H groups in total. The van der Waals surface area contributed by atoms with Crippen molar-refractivity contribution >= 4 is 23.3 Å². The zero-order valence-electron chi connectivity index (χ0n) is 13.4. The van der Waals surface area contributed by atoms with Crippen LogP contribution in [0.1, 0.15) is 6.42 Å². The molecule has 1 amide bonds. The van der Waals surface area contributed by atoms with Crippen LogP contribution in [0.25, 0.3) is 0 Å². The van der Waals surface area contributed by atoms with Crippen LogP contribution >= 0.6 is 11.6 Å². The fourth-order valence-corrected chi connectivity index (χ4v) is 2.98. The number of carbonyl (C=O) groups is 1. The largest absolute Gasteiger partial charge is 0.484 e. The number of ether oxygens (including phenoxy) is 1. The first-order chi connectivity index (χ1) is 11.7. The molecule has 1 fully saturated rings. The Balaban J connectivity index is 1.55. The van der Waals surface area contributed by atoms with Gasteiger partial charge in [0.05, 0.1) is 5.02 Å². The number of rotatable bonds is 4. The van der Waals surface area contributed by atoms with Crippen LogP contribution in [0, 0.1) is 0 Å². The van der Waals surface area contributed by atoms with Crippen molar-refractivity contribution in [3.63, 3.8) is 0 Å². The van der Waals surface area contributed by atoms with E-state index in [-0.39, 0.29) is 12.5 Å². The van der Waals surface area contributed by atoms with Gasteiger partial charge in [-0.25, -0.2) is 4.98 Å². The third-order valence-electron chi connectivity index (χ3n) is 3.99. The van der Waals surface area contributed by atoms with E-state index in [0.29, 0.717) is 23.9 Å². The van der Waals surface area contributed by atoms with E-state index in [4.69, 9.17) is 16.3 Å². The molecule has 0 radical (unpaired) electrons. The summed E-state index contributed by atoms with van der Waals surface area (Å²) in [5.41, 5.74) is 0. The number of pyridine rings is 1. The minimum Gasteiger partial charge on any atom is -0.484 e. The lowest BCUT2D eigenvalue weighted by Gasteiger charge is -2.23. The van der Waals surface area contributed by atoms with Crippen LogP contribution in [0.15, 0.2) is 48.7 Å². The average molecular weight is 346 g/mol. The molecule has 1 aromatic heterocycles. The fraction of sp³-hybridized carbons (Fsp3) is 0.333. The fourth-order valence-electron chi connectivity index (χ4n) is 2.74. The molecule has 0 saturated carbocycles. The summed E-state index contributed by atoms with van der Waals surface area (Å²) in [6, 6.07) is 13.0. The van der Waals surface area contributed by atoms with Gasteiger partial charge in [0.1, 0.15) is 11.6 Å². The number of nitrogens with zero attached hydrogens (tertiary/aromatic N) is 3. The van der Waals surface area contributed by atoms with Crippen LogP contribution in [0.2, 0.25) is 5.02 Å². The van der Waals surface area contributed by atoms with E-state index in [1.165, 1.54) is 0 Å². The molecule has 24 heavy (non-hydrogen) atoms. The van der Waals surface area contributed by atoms with Gasteiger partial charge < -0.3 is 14.5 Å². The summed E-state index contributed by atoms with van der Waals surface area (Å²) in [6.07, 6.45) is 2.62. The molecule has 0 bridgehead atoms. The van der Waals surface area contributed by atoms with Crippen molar-refractivity contribution in [3.05, 3.63) is 53.7 Å². The normalized spacial score (nSPS) is 15.0. The summed E-state index contributed by atoms with van der Waals surface area (Å²) >= 11 is 6.22. The molecule has 5 nitrogen and oxygen atoms in total. The third kappa shape index (κ3) is 4.17. The van der Waals surface area contributed by atoms with Gasteiger partial charge in [-0.15, -0.1) is 0 Å². The van der Waals surface area contributed by atoms with Gasteiger partial charge in [0.2, 0.25) is 0 Å². The third-order valence-corrected chi connectivity index (χ3v) is 4.29. The molecule has 6 heteroatoms. The summed E-state index contributed by atoms with van der Waals surface area (Å²) in [6.45, 7) is 2.98. The molecule has 0 aliphatic carbocycles. The number of halogens is 1. The van der Waals surface area contributed by atoms with Crippen molar-refractivity contribution in [2.75, 3.05) is 37.7 Å². The summed E-state index contributed by atoms with van der Waals surface area (Å²) < 4.78 is 5.55. The van der Waals surface area contributed by atoms with E-state index < -0.39 is 0 Å². The van der Waals surface area contributed by atoms with Gasteiger partial charge in [-0.1, -0.05) is 29.8 Å².